The maximum absolute atomic E-state index is 12.6. The average Bonchev–Trinajstić information content (AvgIpc) is 3.12. The molecule has 0 aliphatic carbocycles. The van der Waals surface area contributed by atoms with E-state index < -0.39 is 24.5 Å². The number of carbonyl (C=O) groups is 2. The number of hydrogen-bond acceptors (Lipinski definition) is 5. The van der Waals surface area contributed by atoms with E-state index in [2.05, 4.69) is 11.1 Å². The van der Waals surface area contributed by atoms with Crippen LogP contribution in [-0.2, 0) is 9.59 Å². The number of piperidine rings is 1. The SMILES string of the molecule is N#CC1=C(N2CCC(C(=O)O)CC2)N=C(CN2CCCC2=O)C(=CCCC(F)(F)F)C1. The molecule has 10 heteroatoms. The Labute approximate surface area is 178 Å². The largest absolute Gasteiger partial charge is 0.481 e. The Hall–Kier alpha value is -2.83. The second kappa shape index (κ2) is 9.54. The van der Waals surface area contributed by atoms with Gasteiger partial charge in [0.25, 0.3) is 0 Å². The molecule has 1 amide bonds. The van der Waals surface area contributed by atoms with Crippen LogP contribution in [0.4, 0.5) is 13.2 Å². The number of carbonyl (C=O) groups excluding carboxylic acids is 1. The summed E-state index contributed by atoms with van der Waals surface area (Å²) in [6, 6.07) is 2.12. The lowest BCUT2D eigenvalue weighted by Gasteiger charge is -2.34. The molecule has 3 heterocycles. The van der Waals surface area contributed by atoms with Gasteiger partial charge < -0.3 is 14.9 Å². The Morgan fingerprint density at radius 3 is 2.55 bits per heavy atom. The van der Waals surface area contributed by atoms with Crippen LogP contribution < -0.4 is 0 Å². The third-order valence-corrected chi connectivity index (χ3v) is 5.86. The molecule has 0 aromatic rings. The van der Waals surface area contributed by atoms with E-state index in [0.29, 0.717) is 61.6 Å². The summed E-state index contributed by atoms with van der Waals surface area (Å²) in [6.45, 7) is 1.64. The monoisotopic (exact) mass is 438 g/mol. The van der Waals surface area contributed by atoms with Crippen molar-refractivity contribution < 1.29 is 27.9 Å². The molecule has 0 radical (unpaired) electrons. The van der Waals surface area contributed by atoms with Crippen molar-refractivity contribution in [3.8, 4) is 6.07 Å². The third-order valence-electron chi connectivity index (χ3n) is 5.86. The number of rotatable bonds is 6. The Bertz CT molecular complexity index is 862. The quantitative estimate of drug-likeness (QED) is 0.687. The lowest BCUT2D eigenvalue weighted by molar-refractivity contribution is -0.143. The normalized spacial score (nSPS) is 22.2. The molecule has 0 aromatic heterocycles. The lowest BCUT2D eigenvalue weighted by atomic mass is 9.94. The minimum atomic E-state index is -4.28. The predicted molar refractivity (Wildman–Crippen MR) is 106 cm³/mol. The fraction of sp³-hybridized carbons (Fsp3) is 0.619. The number of allylic oxidation sites excluding steroid dienone is 2. The van der Waals surface area contributed by atoms with Gasteiger partial charge in [-0.25, -0.2) is 4.99 Å². The molecule has 3 aliphatic rings. The number of amides is 1. The Morgan fingerprint density at radius 1 is 1.29 bits per heavy atom. The van der Waals surface area contributed by atoms with Crippen molar-refractivity contribution in [1.29, 1.82) is 5.26 Å². The summed E-state index contributed by atoms with van der Waals surface area (Å²) in [5, 5.41) is 18.8. The minimum Gasteiger partial charge on any atom is -0.481 e. The van der Waals surface area contributed by atoms with Crippen LogP contribution in [0.2, 0.25) is 0 Å². The molecule has 0 atom stereocenters. The third kappa shape index (κ3) is 5.87. The molecule has 1 N–H and O–H groups in total. The summed E-state index contributed by atoms with van der Waals surface area (Å²) in [7, 11) is 0. The number of aliphatic imine (C=N–C) groups is 1. The molecule has 7 nitrogen and oxygen atoms in total. The number of carboxylic acid groups (broad SMARTS) is 1. The summed E-state index contributed by atoms with van der Waals surface area (Å²) in [5.41, 5.74) is 1.40. The number of likely N-dealkylation sites (tertiary alicyclic amines) is 2. The van der Waals surface area contributed by atoms with Crippen LogP contribution in [0.3, 0.4) is 0 Å². The highest BCUT2D eigenvalue weighted by atomic mass is 19.4. The van der Waals surface area contributed by atoms with Gasteiger partial charge in [0, 0.05) is 38.9 Å². The topological polar surface area (TPSA) is 97.0 Å². The van der Waals surface area contributed by atoms with Gasteiger partial charge in [-0.15, -0.1) is 0 Å². The minimum absolute atomic E-state index is 0.0174. The van der Waals surface area contributed by atoms with E-state index in [1.54, 1.807) is 4.90 Å². The van der Waals surface area contributed by atoms with Crippen LogP contribution in [0.5, 0.6) is 0 Å². The summed E-state index contributed by atoms with van der Waals surface area (Å²) in [4.78, 5) is 31.4. The summed E-state index contributed by atoms with van der Waals surface area (Å²) in [5.74, 6) is -0.851. The van der Waals surface area contributed by atoms with Crippen molar-refractivity contribution >= 4 is 17.6 Å². The molecule has 0 aromatic carbocycles. The molecule has 168 valence electrons. The van der Waals surface area contributed by atoms with Gasteiger partial charge in [0.05, 0.1) is 29.8 Å². The average molecular weight is 438 g/mol. The number of alkyl halides is 3. The standard InChI is InChI=1S/C21H25F3N4O3/c22-21(23,24)7-1-3-15-11-16(12-25)19(27-9-5-14(6-10-27)20(30)31)26-17(15)13-28-8-2-4-18(28)29/h3,14H,1-2,4-11,13H2,(H,30,31). The molecular weight excluding hydrogens is 413 g/mol. The van der Waals surface area contributed by atoms with E-state index in [1.165, 1.54) is 6.08 Å². The van der Waals surface area contributed by atoms with Gasteiger partial charge in [-0.05, 0) is 31.3 Å². The van der Waals surface area contributed by atoms with E-state index in [1.807, 2.05) is 4.90 Å². The molecule has 3 rings (SSSR count). The van der Waals surface area contributed by atoms with Crippen molar-refractivity contribution in [3.63, 3.8) is 0 Å². The van der Waals surface area contributed by atoms with Gasteiger partial charge in [0.15, 0.2) is 0 Å². The number of halogens is 3. The maximum Gasteiger partial charge on any atom is 0.389 e. The number of aliphatic carboxylic acids is 1. The second-order valence-corrected chi connectivity index (χ2v) is 8.05. The van der Waals surface area contributed by atoms with Crippen molar-refractivity contribution in [2.24, 2.45) is 10.9 Å². The Morgan fingerprint density at radius 2 is 2.00 bits per heavy atom. The van der Waals surface area contributed by atoms with Gasteiger partial charge in [-0.2, -0.15) is 18.4 Å². The summed E-state index contributed by atoms with van der Waals surface area (Å²) < 4.78 is 37.8. The first-order valence-corrected chi connectivity index (χ1v) is 10.4. The fourth-order valence-electron chi connectivity index (χ4n) is 4.12. The molecule has 0 saturated carbocycles. The van der Waals surface area contributed by atoms with Gasteiger partial charge >= 0.3 is 12.1 Å². The number of nitrogens with zero attached hydrogens (tertiary/aromatic N) is 4. The molecule has 0 spiro atoms. The number of carboxylic acids is 1. The molecule has 3 aliphatic heterocycles. The van der Waals surface area contributed by atoms with E-state index in [-0.39, 0.29) is 25.3 Å². The zero-order chi connectivity index (χ0) is 22.6. The van der Waals surface area contributed by atoms with Gasteiger partial charge in [-0.1, -0.05) is 6.08 Å². The highest BCUT2D eigenvalue weighted by Gasteiger charge is 2.31. The molecule has 2 saturated heterocycles. The van der Waals surface area contributed by atoms with Gasteiger partial charge in [-0.3, -0.25) is 9.59 Å². The van der Waals surface area contributed by atoms with Crippen LogP contribution in [0.1, 0.15) is 44.9 Å². The molecule has 2 fully saturated rings. The van der Waals surface area contributed by atoms with Crippen LogP contribution in [0.25, 0.3) is 0 Å². The number of nitriles is 1. The van der Waals surface area contributed by atoms with Crippen LogP contribution in [0.15, 0.2) is 28.0 Å². The summed E-state index contributed by atoms with van der Waals surface area (Å²) >= 11 is 0. The van der Waals surface area contributed by atoms with Crippen molar-refractivity contribution in [1.82, 2.24) is 9.80 Å². The van der Waals surface area contributed by atoms with Crippen LogP contribution in [0, 0.1) is 17.2 Å². The Balaban J connectivity index is 1.84. The molecule has 0 unspecified atom stereocenters. The van der Waals surface area contributed by atoms with E-state index >= 15 is 0 Å². The first-order valence-electron chi connectivity index (χ1n) is 10.4. The van der Waals surface area contributed by atoms with Gasteiger partial charge in [0.2, 0.25) is 5.91 Å². The van der Waals surface area contributed by atoms with Crippen molar-refractivity contribution in [2.75, 3.05) is 26.2 Å². The van der Waals surface area contributed by atoms with Gasteiger partial charge in [0.1, 0.15) is 5.82 Å². The fourth-order valence-corrected chi connectivity index (χ4v) is 4.12. The first-order chi connectivity index (χ1) is 14.7. The maximum atomic E-state index is 12.6. The van der Waals surface area contributed by atoms with E-state index in [0.717, 1.165) is 6.42 Å². The van der Waals surface area contributed by atoms with Crippen LogP contribution >= 0.6 is 0 Å². The second-order valence-electron chi connectivity index (χ2n) is 8.05. The Kier molecular flexibility index (Phi) is 7.03. The highest BCUT2D eigenvalue weighted by Crippen LogP contribution is 2.31. The van der Waals surface area contributed by atoms with E-state index in [9.17, 15) is 33.1 Å². The number of hydrogen-bond donors (Lipinski definition) is 1. The molecule has 0 bridgehead atoms. The predicted octanol–water partition coefficient (Wildman–Crippen LogP) is 3.25. The van der Waals surface area contributed by atoms with E-state index in [4.69, 9.17) is 0 Å². The summed E-state index contributed by atoms with van der Waals surface area (Å²) in [6.07, 6.45) is -1.80. The smallest absolute Gasteiger partial charge is 0.389 e. The zero-order valence-corrected chi connectivity index (χ0v) is 17.1. The zero-order valence-electron chi connectivity index (χ0n) is 17.1. The molecule has 31 heavy (non-hydrogen) atoms. The molecular formula is C21H25F3N4O3. The van der Waals surface area contributed by atoms with Crippen molar-refractivity contribution in [2.45, 2.75) is 51.1 Å². The lowest BCUT2D eigenvalue weighted by Crippen LogP contribution is -2.38. The highest BCUT2D eigenvalue weighted by molar-refractivity contribution is 6.05. The first kappa shape index (κ1) is 22.8. The van der Waals surface area contributed by atoms with Crippen molar-refractivity contribution in [3.05, 3.63) is 23.0 Å². The van der Waals surface area contributed by atoms with Crippen LogP contribution in [-0.4, -0.2) is 64.8 Å².